The highest BCUT2D eigenvalue weighted by molar-refractivity contribution is 7.80. The molecule has 5 nitrogen and oxygen atoms in total. The number of halogens is 1. The van der Waals surface area contributed by atoms with Gasteiger partial charge in [-0.15, -0.1) is 0 Å². The van der Waals surface area contributed by atoms with Gasteiger partial charge in [0.15, 0.2) is 10.7 Å². The van der Waals surface area contributed by atoms with Gasteiger partial charge in [-0.2, -0.15) is 0 Å². The van der Waals surface area contributed by atoms with E-state index < -0.39 is 0 Å². The Balaban J connectivity index is 2.01. The summed E-state index contributed by atoms with van der Waals surface area (Å²) >= 11 is 10.9. The van der Waals surface area contributed by atoms with Crippen molar-refractivity contribution in [3.05, 3.63) is 41.4 Å². The van der Waals surface area contributed by atoms with Crippen molar-refractivity contribution in [2.24, 2.45) is 5.73 Å². The highest BCUT2D eigenvalue weighted by Crippen LogP contribution is 2.31. The monoisotopic (exact) mass is 333 g/mol. The molecule has 0 fully saturated rings. The van der Waals surface area contributed by atoms with Gasteiger partial charge in [0.25, 0.3) is 0 Å². The summed E-state index contributed by atoms with van der Waals surface area (Å²) in [7, 11) is 1.57. The first-order chi connectivity index (χ1) is 10.6. The molecule has 0 atom stereocenters. The van der Waals surface area contributed by atoms with Gasteiger partial charge < -0.3 is 20.2 Å². The fraction of sp³-hybridized carbons (Fsp3) is 0.0667. The Labute approximate surface area is 137 Å². The molecule has 0 unspecified atom stereocenters. The smallest absolute Gasteiger partial charge is 0.227 e. The number of nitrogens with zero attached hydrogens (tertiary/aromatic N) is 1. The second-order valence-electron chi connectivity index (χ2n) is 4.54. The minimum Gasteiger partial charge on any atom is -0.495 e. The standard InChI is InChI=1S/C15H12ClN3O2S/c1-20-12-4-2-8(6-10(12)16)14-19-11-7-9(18-15(17)22)3-5-13(11)21-14/h2-7H,1H3,(H3,17,18,22). The lowest BCUT2D eigenvalue weighted by atomic mass is 10.2. The Morgan fingerprint density at radius 3 is 2.82 bits per heavy atom. The number of ether oxygens (including phenoxy) is 1. The maximum atomic E-state index is 6.13. The van der Waals surface area contributed by atoms with E-state index in [0.29, 0.717) is 27.8 Å². The van der Waals surface area contributed by atoms with E-state index in [0.717, 1.165) is 11.3 Å². The van der Waals surface area contributed by atoms with Crippen LogP contribution in [0.2, 0.25) is 5.02 Å². The van der Waals surface area contributed by atoms with E-state index in [1.165, 1.54) is 0 Å². The first-order valence-corrected chi connectivity index (χ1v) is 7.16. The van der Waals surface area contributed by atoms with E-state index >= 15 is 0 Å². The van der Waals surface area contributed by atoms with Crippen molar-refractivity contribution >= 4 is 45.7 Å². The number of rotatable bonds is 3. The number of nitrogens with two attached hydrogens (primary N) is 1. The zero-order chi connectivity index (χ0) is 15.7. The van der Waals surface area contributed by atoms with Crippen LogP contribution in [0.25, 0.3) is 22.6 Å². The van der Waals surface area contributed by atoms with E-state index in [9.17, 15) is 0 Å². The molecule has 7 heteroatoms. The van der Waals surface area contributed by atoms with Crippen LogP contribution in [0.4, 0.5) is 5.69 Å². The van der Waals surface area contributed by atoms with Crippen LogP contribution in [0.5, 0.6) is 5.75 Å². The van der Waals surface area contributed by atoms with Crippen molar-refractivity contribution in [2.45, 2.75) is 0 Å². The molecule has 0 saturated heterocycles. The normalized spacial score (nSPS) is 10.6. The molecule has 0 aliphatic rings. The van der Waals surface area contributed by atoms with Crippen LogP contribution in [0.15, 0.2) is 40.8 Å². The molecule has 0 aliphatic carbocycles. The number of aromatic nitrogens is 1. The Kier molecular flexibility index (Phi) is 3.87. The van der Waals surface area contributed by atoms with Gasteiger partial charge in [0.05, 0.1) is 12.1 Å². The van der Waals surface area contributed by atoms with Gasteiger partial charge in [0, 0.05) is 11.3 Å². The van der Waals surface area contributed by atoms with Crippen LogP contribution < -0.4 is 15.8 Å². The van der Waals surface area contributed by atoms with Crippen LogP contribution >= 0.6 is 23.8 Å². The molecule has 112 valence electrons. The predicted octanol–water partition coefficient (Wildman–Crippen LogP) is 3.81. The summed E-state index contributed by atoms with van der Waals surface area (Å²) in [6.45, 7) is 0. The fourth-order valence-electron chi connectivity index (χ4n) is 2.07. The average molecular weight is 334 g/mol. The van der Waals surface area contributed by atoms with Crippen molar-refractivity contribution < 1.29 is 9.15 Å². The molecule has 0 bridgehead atoms. The van der Waals surface area contributed by atoms with E-state index in [1.807, 2.05) is 18.2 Å². The van der Waals surface area contributed by atoms with Gasteiger partial charge in [-0.1, -0.05) is 11.6 Å². The SMILES string of the molecule is COc1ccc(-c2nc3cc(NC(N)=S)ccc3o2)cc1Cl. The number of hydrogen-bond donors (Lipinski definition) is 2. The van der Waals surface area contributed by atoms with Crippen LogP contribution in [0, 0.1) is 0 Å². The highest BCUT2D eigenvalue weighted by Gasteiger charge is 2.11. The third-order valence-electron chi connectivity index (χ3n) is 3.05. The van der Waals surface area contributed by atoms with Crippen LogP contribution in [-0.4, -0.2) is 17.2 Å². The first-order valence-electron chi connectivity index (χ1n) is 6.38. The summed E-state index contributed by atoms with van der Waals surface area (Å²) in [6, 6.07) is 10.8. The molecule has 1 aromatic heterocycles. The average Bonchev–Trinajstić information content (AvgIpc) is 2.89. The molecule has 1 heterocycles. The number of methoxy groups -OCH3 is 1. The van der Waals surface area contributed by atoms with E-state index in [1.54, 1.807) is 25.3 Å². The highest BCUT2D eigenvalue weighted by atomic mass is 35.5. The van der Waals surface area contributed by atoms with E-state index in [2.05, 4.69) is 10.3 Å². The number of nitrogens with one attached hydrogen (secondary N) is 1. The van der Waals surface area contributed by atoms with E-state index in [-0.39, 0.29) is 5.11 Å². The quantitative estimate of drug-likeness (QED) is 0.710. The lowest BCUT2D eigenvalue weighted by Crippen LogP contribution is -2.18. The number of anilines is 1. The number of oxazole rings is 1. The predicted molar refractivity (Wildman–Crippen MR) is 91.4 cm³/mol. The number of fused-ring (bicyclic) bond motifs is 1. The van der Waals surface area contributed by atoms with Crippen LogP contribution in [-0.2, 0) is 0 Å². The number of hydrogen-bond acceptors (Lipinski definition) is 4. The third-order valence-corrected chi connectivity index (χ3v) is 3.45. The fourth-order valence-corrected chi connectivity index (χ4v) is 2.45. The van der Waals surface area contributed by atoms with Crippen molar-refractivity contribution in [1.29, 1.82) is 0 Å². The Bertz CT molecular complexity index is 863. The Hall–Kier alpha value is -2.31. The first kappa shape index (κ1) is 14.6. The van der Waals surface area contributed by atoms with Gasteiger partial charge in [-0.25, -0.2) is 4.98 Å². The second kappa shape index (κ2) is 5.82. The summed E-state index contributed by atoms with van der Waals surface area (Å²) in [5.74, 6) is 1.08. The molecule has 22 heavy (non-hydrogen) atoms. The molecule has 0 amide bonds. The van der Waals surface area contributed by atoms with Gasteiger partial charge in [0.2, 0.25) is 5.89 Å². The molecular weight excluding hydrogens is 322 g/mol. The molecule has 0 aliphatic heterocycles. The molecule has 0 spiro atoms. The van der Waals surface area contributed by atoms with Gasteiger partial charge in [-0.3, -0.25) is 0 Å². The summed E-state index contributed by atoms with van der Waals surface area (Å²) in [5.41, 5.74) is 8.34. The minimum atomic E-state index is 0.199. The zero-order valence-electron chi connectivity index (χ0n) is 11.6. The lowest BCUT2D eigenvalue weighted by molar-refractivity contribution is 0.415. The van der Waals surface area contributed by atoms with Crippen molar-refractivity contribution in [1.82, 2.24) is 4.98 Å². The van der Waals surface area contributed by atoms with Crippen LogP contribution in [0.3, 0.4) is 0 Å². The Morgan fingerprint density at radius 2 is 2.14 bits per heavy atom. The van der Waals surface area contributed by atoms with Gasteiger partial charge in [-0.05, 0) is 48.6 Å². The van der Waals surface area contributed by atoms with Gasteiger partial charge >= 0.3 is 0 Å². The molecule has 3 aromatic rings. The van der Waals surface area contributed by atoms with E-state index in [4.69, 9.17) is 38.7 Å². The van der Waals surface area contributed by atoms with Crippen molar-refractivity contribution in [2.75, 3.05) is 12.4 Å². The van der Waals surface area contributed by atoms with Crippen molar-refractivity contribution in [3.63, 3.8) is 0 Å². The third kappa shape index (κ3) is 2.84. The van der Waals surface area contributed by atoms with Gasteiger partial charge in [0.1, 0.15) is 11.3 Å². The van der Waals surface area contributed by atoms with Crippen molar-refractivity contribution in [3.8, 4) is 17.2 Å². The molecule has 2 aromatic carbocycles. The number of thiocarbonyl (C=S) groups is 1. The Morgan fingerprint density at radius 1 is 1.32 bits per heavy atom. The zero-order valence-corrected chi connectivity index (χ0v) is 13.2. The summed E-state index contributed by atoms with van der Waals surface area (Å²) in [4.78, 5) is 4.46. The minimum absolute atomic E-state index is 0.199. The summed E-state index contributed by atoms with van der Waals surface area (Å²) < 4.78 is 10.9. The number of benzene rings is 2. The molecule has 0 saturated carbocycles. The summed E-state index contributed by atoms with van der Waals surface area (Å²) in [6.07, 6.45) is 0. The van der Waals surface area contributed by atoms with Crippen LogP contribution in [0.1, 0.15) is 0 Å². The molecule has 3 N–H and O–H groups in total. The lowest BCUT2D eigenvalue weighted by Gasteiger charge is -2.03. The summed E-state index contributed by atoms with van der Waals surface area (Å²) in [5, 5.41) is 3.56. The molecular formula is C15H12ClN3O2S. The molecule has 0 radical (unpaired) electrons. The maximum Gasteiger partial charge on any atom is 0.227 e. The maximum absolute atomic E-state index is 6.13. The molecule has 3 rings (SSSR count). The second-order valence-corrected chi connectivity index (χ2v) is 5.39. The largest absolute Gasteiger partial charge is 0.495 e. The topological polar surface area (TPSA) is 73.3 Å².